The molecule has 26 heavy (non-hydrogen) atoms. The van der Waals surface area contributed by atoms with Gasteiger partial charge in [-0.25, -0.2) is 12.8 Å². The number of halogens is 1. The van der Waals surface area contributed by atoms with Gasteiger partial charge in [-0.3, -0.25) is 0 Å². The normalized spacial score (nSPS) is 21.7. The third-order valence-electron chi connectivity index (χ3n) is 5.15. The van der Waals surface area contributed by atoms with Crippen molar-refractivity contribution >= 4 is 10.0 Å². The first-order valence-electron chi connectivity index (χ1n) is 8.77. The van der Waals surface area contributed by atoms with Crippen LogP contribution in [0, 0.1) is 18.2 Å². The van der Waals surface area contributed by atoms with Gasteiger partial charge >= 0.3 is 0 Å². The van der Waals surface area contributed by atoms with Gasteiger partial charge in [-0.15, -0.1) is 0 Å². The van der Waals surface area contributed by atoms with E-state index >= 15 is 0 Å². The van der Waals surface area contributed by atoms with Crippen LogP contribution in [0.2, 0.25) is 0 Å². The summed E-state index contributed by atoms with van der Waals surface area (Å²) in [6.07, 6.45) is 2.03. The molecule has 1 heterocycles. The second-order valence-corrected chi connectivity index (χ2v) is 9.08. The van der Waals surface area contributed by atoms with Crippen LogP contribution < -0.4 is 0 Å². The summed E-state index contributed by atoms with van der Waals surface area (Å²) in [4.78, 5) is 0.00551. The molecule has 140 valence electrons. The molecule has 0 aliphatic carbocycles. The highest BCUT2D eigenvalue weighted by Gasteiger charge is 2.40. The minimum atomic E-state index is -3.81. The standard InChI is InChI=1S/C20H24FNO3S/c1-16-8-9-18(21)12-19(16)26(24,25)22-11-5-10-20(14-22,15-23)13-17-6-3-2-4-7-17/h2-4,6-9,12,23H,5,10-11,13-15H2,1H3. The molecule has 0 saturated carbocycles. The van der Waals surface area contributed by atoms with E-state index in [1.54, 1.807) is 6.92 Å². The quantitative estimate of drug-likeness (QED) is 0.871. The number of benzene rings is 2. The number of hydrogen-bond donors (Lipinski definition) is 1. The summed E-state index contributed by atoms with van der Waals surface area (Å²) in [5.41, 5.74) is 1.07. The highest BCUT2D eigenvalue weighted by molar-refractivity contribution is 7.89. The Morgan fingerprint density at radius 2 is 1.92 bits per heavy atom. The fourth-order valence-corrected chi connectivity index (χ4v) is 5.54. The minimum absolute atomic E-state index is 0.00551. The zero-order valence-corrected chi connectivity index (χ0v) is 15.7. The lowest BCUT2D eigenvalue weighted by atomic mass is 9.76. The van der Waals surface area contributed by atoms with Gasteiger partial charge in [-0.05, 0) is 49.4 Å². The summed E-state index contributed by atoms with van der Waals surface area (Å²) in [5, 5.41) is 10.1. The van der Waals surface area contributed by atoms with Gasteiger partial charge in [-0.1, -0.05) is 36.4 Å². The average molecular weight is 377 g/mol. The molecule has 0 amide bonds. The summed E-state index contributed by atoms with van der Waals surface area (Å²) in [6, 6.07) is 13.6. The van der Waals surface area contributed by atoms with Crippen molar-refractivity contribution in [1.29, 1.82) is 0 Å². The highest BCUT2D eigenvalue weighted by Crippen LogP contribution is 2.36. The maximum atomic E-state index is 13.6. The van der Waals surface area contributed by atoms with Crippen LogP contribution in [-0.2, 0) is 16.4 Å². The molecule has 3 rings (SSSR count). The van der Waals surface area contributed by atoms with Gasteiger partial charge in [0.05, 0.1) is 11.5 Å². The van der Waals surface area contributed by atoms with Crippen molar-refractivity contribution in [2.24, 2.45) is 5.41 Å². The van der Waals surface area contributed by atoms with Crippen molar-refractivity contribution in [3.8, 4) is 0 Å². The van der Waals surface area contributed by atoms with Gasteiger partial charge in [0, 0.05) is 18.5 Å². The third kappa shape index (κ3) is 3.82. The average Bonchev–Trinajstić information content (AvgIpc) is 2.64. The molecular weight excluding hydrogens is 353 g/mol. The molecule has 2 aromatic rings. The van der Waals surface area contributed by atoms with E-state index < -0.39 is 21.3 Å². The second-order valence-electron chi connectivity index (χ2n) is 7.17. The van der Waals surface area contributed by atoms with Gasteiger partial charge in [0.15, 0.2) is 0 Å². The van der Waals surface area contributed by atoms with Crippen molar-refractivity contribution in [3.63, 3.8) is 0 Å². The molecular formula is C20H24FNO3S. The van der Waals surface area contributed by atoms with E-state index in [1.165, 1.54) is 16.4 Å². The first-order chi connectivity index (χ1) is 12.4. The van der Waals surface area contributed by atoms with Gasteiger partial charge in [-0.2, -0.15) is 4.31 Å². The molecule has 0 spiro atoms. The number of piperidine rings is 1. The molecule has 1 saturated heterocycles. The second kappa shape index (κ2) is 7.47. The van der Waals surface area contributed by atoms with E-state index in [0.29, 0.717) is 24.9 Å². The number of aryl methyl sites for hydroxylation is 1. The predicted molar refractivity (Wildman–Crippen MR) is 98.8 cm³/mol. The molecule has 1 aliphatic heterocycles. The summed E-state index contributed by atoms with van der Waals surface area (Å²) in [7, 11) is -3.81. The summed E-state index contributed by atoms with van der Waals surface area (Å²) in [5.74, 6) is -0.566. The fourth-order valence-electron chi connectivity index (χ4n) is 3.72. The van der Waals surface area contributed by atoms with Gasteiger partial charge < -0.3 is 5.11 Å². The molecule has 4 nitrogen and oxygen atoms in total. The van der Waals surface area contributed by atoms with Crippen molar-refractivity contribution in [2.45, 2.75) is 31.1 Å². The Bertz CT molecular complexity index is 870. The Hall–Kier alpha value is -1.76. The topological polar surface area (TPSA) is 57.6 Å². The molecule has 1 N–H and O–H groups in total. The van der Waals surface area contributed by atoms with Crippen molar-refractivity contribution < 1.29 is 17.9 Å². The summed E-state index contributed by atoms with van der Waals surface area (Å²) >= 11 is 0. The highest BCUT2D eigenvalue weighted by atomic mass is 32.2. The molecule has 1 unspecified atom stereocenters. The van der Waals surface area contributed by atoms with Crippen molar-refractivity contribution in [1.82, 2.24) is 4.31 Å². The number of aliphatic hydroxyl groups excluding tert-OH is 1. The zero-order chi connectivity index (χ0) is 18.8. The fraction of sp³-hybridized carbons (Fsp3) is 0.400. The van der Waals surface area contributed by atoms with Crippen LogP contribution in [0.1, 0.15) is 24.0 Å². The first kappa shape index (κ1) is 19.0. The van der Waals surface area contributed by atoms with Crippen LogP contribution in [-0.4, -0.2) is 37.5 Å². The lowest BCUT2D eigenvalue weighted by molar-refractivity contribution is 0.0645. The zero-order valence-electron chi connectivity index (χ0n) is 14.9. The largest absolute Gasteiger partial charge is 0.396 e. The molecule has 6 heteroatoms. The van der Waals surface area contributed by atoms with E-state index in [4.69, 9.17) is 0 Å². The van der Waals surface area contributed by atoms with E-state index in [1.807, 2.05) is 30.3 Å². The smallest absolute Gasteiger partial charge is 0.243 e. The SMILES string of the molecule is Cc1ccc(F)cc1S(=O)(=O)N1CCCC(CO)(Cc2ccccc2)C1. The Labute approximate surface area is 154 Å². The van der Waals surface area contributed by atoms with Gasteiger partial charge in [0.1, 0.15) is 5.82 Å². The first-order valence-corrected chi connectivity index (χ1v) is 10.2. The maximum Gasteiger partial charge on any atom is 0.243 e. The number of hydrogen-bond acceptors (Lipinski definition) is 3. The van der Waals surface area contributed by atoms with Gasteiger partial charge in [0.25, 0.3) is 0 Å². The Morgan fingerprint density at radius 1 is 1.19 bits per heavy atom. The van der Waals surface area contributed by atoms with Crippen LogP contribution in [0.15, 0.2) is 53.4 Å². The van der Waals surface area contributed by atoms with Crippen molar-refractivity contribution in [3.05, 3.63) is 65.5 Å². The summed E-state index contributed by atoms with van der Waals surface area (Å²) < 4.78 is 41.2. The number of rotatable bonds is 5. The van der Waals surface area contributed by atoms with Crippen LogP contribution in [0.5, 0.6) is 0 Å². The molecule has 0 radical (unpaired) electrons. The monoisotopic (exact) mass is 377 g/mol. The number of nitrogens with zero attached hydrogens (tertiary/aromatic N) is 1. The maximum absolute atomic E-state index is 13.6. The van der Waals surface area contributed by atoms with Gasteiger partial charge in [0.2, 0.25) is 10.0 Å². The lowest BCUT2D eigenvalue weighted by Gasteiger charge is -2.41. The Kier molecular flexibility index (Phi) is 5.46. The summed E-state index contributed by atoms with van der Waals surface area (Å²) in [6.45, 7) is 2.20. The van der Waals surface area contributed by atoms with E-state index in [9.17, 15) is 17.9 Å². The third-order valence-corrected chi connectivity index (χ3v) is 7.14. The van der Waals surface area contributed by atoms with Crippen molar-refractivity contribution in [2.75, 3.05) is 19.7 Å². The van der Waals surface area contributed by atoms with E-state index in [0.717, 1.165) is 18.1 Å². The number of sulfonamides is 1. The molecule has 1 fully saturated rings. The Balaban J connectivity index is 1.90. The predicted octanol–water partition coefficient (Wildman–Crippen LogP) is 3.14. The molecule has 0 aromatic heterocycles. The molecule has 0 bridgehead atoms. The molecule has 1 atom stereocenters. The van der Waals surface area contributed by atoms with E-state index in [-0.39, 0.29) is 18.0 Å². The number of aliphatic hydroxyl groups is 1. The molecule has 1 aliphatic rings. The Morgan fingerprint density at radius 3 is 2.62 bits per heavy atom. The van der Waals surface area contributed by atoms with Crippen LogP contribution in [0.4, 0.5) is 4.39 Å². The van der Waals surface area contributed by atoms with E-state index in [2.05, 4.69) is 0 Å². The van der Waals surface area contributed by atoms with Crippen LogP contribution in [0.3, 0.4) is 0 Å². The van der Waals surface area contributed by atoms with Crippen LogP contribution in [0.25, 0.3) is 0 Å². The van der Waals surface area contributed by atoms with Crippen LogP contribution >= 0.6 is 0 Å². The minimum Gasteiger partial charge on any atom is -0.396 e. The molecule has 2 aromatic carbocycles. The lowest BCUT2D eigenvalue weighted by Crippen LogP contribution is -2.49.